The first kappa shape index (κ1) is 12.6. The molecule has 5 heteroatoms. The summed E-state index contributed by atoms with van der Waals surface area (Å²) in [4.78, 5) is 0. The van der Waals surface area contributed by atoms with Crippen LogP contribution in [0.15, 0.2) is 34.9 Å². The molecule has 2 rings (SSSR count). The van der Waals surface area contributed by atoms with E-state index in [0.717, 1.165) is 28.9 Å². The predicted molar refractivity (Wildman–Crippen MR) is 73.7 cm³/mol. The van der Waals surface area contributed by atoms with Gasteiger partial charge in [0.25, 0.3) is 0 Å². The molecule has 0 saturated heterocycles. The Kier molecular flexibility index (Phi) is 4.20. The number of hydrogen-bond donors (Lipinski definition) is 1. The molecule has 0 radical (unpaired) electrons. The van der Waals surface area contributed by atoms with Gasteiger partial charge in [-0.1, -0.05) is 34.5 Å². The lowest BCUT2D eigenvalue weighted by Crippen LogP contribution is -2.12. The van der Waals surface area contributed by atoms with Crippen molar-refractivity contribution in [3.05, 3.63) is 45.7 Å². The van der Waals surface area contributed by atoms with Crippen LogP contribution in [0.4, 0.5) is 0 Å². The standard InChI is InChI=1S/C12H13BrClN3/c1-2-15-8-10-5-6-17(16-10)12-7-9(13)3-4-11(12)14/h3-7,15H,2,8H2,1H3. The molecule has 0 saturated carbocycles. The monoisotopic (exact) mass is 313 g/mol. The van der Waals surface area contributed by atoms with E-state index < -0.39 is 0 Å². The molecule has 0 spiro atoms. The molecule has 1 heterocycles. The normalized spacial score (nSPS) is 10.8. The Morgan fingerprint density at radius 3 is 3.00 bits per heavy atom. The van der Waals surface area contributed by atoms with Crippen molar-refractivity contribution in [1.29, 1.82) is 0 Å². The quantitative estimate of drug-likeness (QED) is 0.937. The SMILES string of the molecule is CCNCc1ccn(-c2cc(Br)ccc2Cl)n1. The molecule has 1 aromatic heterocycles. The molecule has 0 atom stereocenters. The van der Waals surface area contributed by atoms with Crippen molar-refractivity contribution in [2.75, 3.05) is 6.54 Å². The van der Waals surface area contributed by atoms with E-state index >= 15 is 0 Å². The number of halogens is 2. The van der Waals surface area contributed by atoms with Gasteiger partial charge >= 0.3 is 0 Å². The lowest BCUT2D eigenvalue weighted by molar-refractivity contribution is 0.696. The van der Waals surface area contributed by atoms with E-state index in [0.29, 0.717) is 5.02 Å². The highest BCUT2D eigenvalue weighted by atomic mass is 79.9. The fraction of sp³-hybridized carbons (Fsp3) is 0.250. The van der Waals surface area contributed by atoms with Gasteiger partial charge in [-0.15, -0.1) is 0 Å². The number of benzene rings is 1. The van der Waals surface area contributed by atoms with E-state index in [-0.39, 0.29) is 0 Å². The fourth-order valence-corrected chi connectivity index (χ4v) is 2.06. The van der Waals surface area contributed by atoms with Crippen molar-refractivity contribution in [1.82, 2.24) is 15.1 Å². The van der Waals surface area contributed by atoms with E-state index in [4.69, 9.17) is 11.6 Å². The summed E-state index contributed by atoms with van der Waals surface area (Å²) in [6, 6.07) is 7.70. The third-order valence-corrected chi connectivity index (χ3v) is 3.17. The molecule has 0 unspecified atom stereocenters. The average Bonchev–Trinajstić information content (AvgIpc) is 2.78. The smallest absolute Gasteiger partial charge is 0.0843 e. The zero-order valence-electron chi connectivity index (χ0n) is 9.45. The second kappa shape index (κ2) is 5.67. The van der Waals surface area contributed by atoms with Crippen LogP contribution in [-0.4, -0.2) is 16.3 Å². The number of hydrogen-bond acceptors (Lipinski definition) is 2. The van der Waals surface area contributed by atoms with E-state index in [1.165, 1.54) is 0 Å². The molecule has 90 valence electrons. The molecular formula is C12H13BrClN3. The number of nitrogens with zero attached hydrogens (tertiary/aromatic N) is 2. The van der Waals surface area contributed by atoms with Crippen LogP contribution in [0.2, 0.25) is 5.02 Å². The Labute approximate surface area is 114 Å². The second-order valence-electron chi connectivity index (χ2n) is 3.63. The average molecular weight is 315 g/mol. The van der Waals surface area contributed by atoms with Crippen molar-refractivity contribution < 1.29 is 0 Å². The van der Waals surface area contributed by atoms with Gasteiger partial charge in [-0.3, -0.25) is 0 Å². The van der Waals surface area contributed by atoms with Gasteiger partial charge in [-0.05, 0) is 30.8 Å². The van der Waals surface area contributed by atoms with Gasteiger partial charge in [0, 0.05) is 17.2 Å². The summed E-state index contributed by atoms with van der Waals surface area (Å²) in [5.74, 6) is 0. The molecule has 0 aliphatic rings. The minimum atomic E-state index is 0.686. The van der Waals surface area contributed by atoms with Gasteiger partial charge in [0.15, 0.2) is 0 Å². The van der Waals surface area contributed by atoms with Crippen LogP contribution in [0.25, 0.3) is 5.69 Å². The van der Waals surface area contributed by atoms with Gasteiger partial charge in [-0.2, -0.15) is 5.10 Å². The lowest BCUT2D eigenvalue weighted by Gasteiger charge is -2.04. The van der Waals surface area contributed by atoms with Gasteiger partial charge in [0.05, 0.1) is 16.4 Å². The van der Waals surface area contributed by atoms with E-state index in [1.807, 2.05) is 30.5 Å². The van der Waals surface area contributed by atoms with Crippen molar-refractivity contribution in [2.24, 2.45) is 0 Å². The van der Waals surface area contributed by atoms with Gasteiger partial charge in [0.2, 0.25) is 0 Å². The minimum Gasteiger partial charge on any atom is -0.311 e. The zero-order valence-corrected chi connectivity index (χ0v) is 11.8. The summed E-state index contributed by atoms with van der Waals surface area (Å²) in [7, 11) is 0. The van der Waals surface area contributed by atoms with E-state index in [2.05, 4.69) is 33.3 Å². The van der Waals surface area contributed by atoms with Crippen molar-refractivity contribution >= 4 is 27.5 Å². The Morgan fingerprint density at radius 1 is 1.41 bits per heavy atom. The van der Waals surface area contributed by atoms with Gasteiger partial charge in [-0.25, -0.2) is 4.68 Å². The Bertz CT molecular complexity index is 510. The summed E-state index contributed by atoms with van der Waals surface area (Å²) in [6.07, 6.45) is 1.92. The third-order valence-electron chi connectivity index (χ3n) is 2.36. The molecule has 0 aliphatic carbocycles. The third kappa shape index (κ3) is 3.09. The molecule has 2 aromatic rings. The largest absolute Gasteiger partial charge is 0.311 e. The highest BCUT2D eigenvalue weighted by Crippen LogP contribution is 2.24. The van der Waals surface area contributed by atoms with Crippen LogP contribution in [0.5, 0.6) is 0 Å². The predicted octanol–water partition coefficient (Wildman–Crippen LogP) is 3.40. The maximum absolute atomic E-state index is 6.15. The zero-order chi connectivity index (χ0) is 12.3. The Morgan fingerprint density at radius 2 is 2.24 bits per heavy atom. The summed E-state index contributed by atoms with van der Waals surface area (Å²) in [5, 5.41) is 8.39. The number of nitrogens with one attached hydrogen (secondary N) is 1. The van der Waals surface area contributed by atoms with Crippen LogP contribution in [-0.2, 0) is 6.54 Å². The van der Waals surface area contributed by atoms with Crippen molar-refractivity contribution in [2.45, 2.75) is 13.5 Å². The minimum absolute atomic E-state index is 0.686. The summed E-state index contributed by atoms with van der Waals surface area (Å²) in [6.45, 7) is 3.78. The van der Waals surface area contributed by atoms with Crippen LogP contribution in [0.3, 0.4) is 0 Å². The fourth-order valence-electron chi connectivity index (χ4n) is 1.50. The second-order valence-corrected chi connectivity index (χ2v) is 4.95. The number of aromatic nitrogens is 2. The molecule has 1 N–H and O–H groups in total. The molecule has 3 nitrogen and oxygen atoms in total. The maximum atomic E-state index is 6.15. The topological polar surface area (TPSA) is 29.9 Å². The molecule has 0 amide bonds. The Hall–Kier alpha value is -0.840. The van der Waals surface area contributed by atoms with Crippen molar-refractivity contribution in [3.8, 4) is 5.69 Å². The molecule has 0 fully saturated rings. The van der Waals surface area contributed by atoms with Gasteiger partial charge < -0.3 is 5.32 Å². The highest BCUT2D eigenvalue weighted by molar-refractivity contribution is 9.10. The van der Waals surface area contributed by atoms with E-state index in [1.54, 1.807) is 4.68 Å². The maximum Gasteiger partial charge on any atom is 0.0843 e. The number of rotatable bonds is 4. The summed E-state index contributed by atoms with van der Waals surface area (Å²) in [5.41, 5.74) is 1.88. The van der Waals surface area contributed by atoms with Crippen LogP contribution in [0, 0.1) is 0 Å². The highest BCUT2D eigenvalue weighted by Gasteiger charge is 2.05. The van der Waals surface area contributed by atoms with E-state index in [9.17, 15) is 0 Å². The first-order valence-corrected chi connectivity index (χ1v) is 6.58. The lowest BCUT2D eigenvalue weighted by atomic mass is 10.3. The molecule has 0 bridgehead atoms. The first-order valence-electron chi connectivity index (χ1n) is 5.41. The van der Waals surface area contributed by atoms with Crippen LogP contribution >= 0.6 is 27.5 Å². The van der Waals surface area contributed by atoms with Crippen LogP contribution in [0.1, 0.15) is 12.6 Å². The molecular weight excluding hydrogens is 302 g/mol. The van der Waals surface area contributed by atoms with Gasteiger partial charge in [0.1, 0.15) is 0 Å². The first-order chi connectivity index (χ1) is 8.20. The molecule has 1 aromatic carbocycles. The van der Waals surface area contributed by atoms with Crippen molar-refractivity contribution in [3.63, 3.8) is 0 Å². The summed E-state index contributed by atoms with van der Waals surface area (Å²) < 4.78 is 2.78. The molecule has 17 heavy (non-hydrogen) atoms. The molecule has 0 aliphatic heterocycles. The Balaban J connectivity index is 2.27. The summed E-state index contributed by atoms with van der Waals surface area (Å²) >= 11 is 9.58. The van der Waals surface area contributed by atoms with Crippen LogP contribution < -0.4 is 5.32 Å².